The van der Waals surface area contributed by atoms with Crippen molar-refractivity contribution in [1.82, 2.24) is 25.0 Å². The van der Waals surface area contributed by atoms with Crippen molar-refractivity contribution in [2.24, 2.45) is 17.3 Å². The third-order valence-electron chi connectivity index (χ3n) is 12.2. The molecule has 4 aliphatic rings. The molecule has 0 radical (unpaired) electrons. The molecule has 296 valence electrons. The van der Waals surface area contributed by atoms with Crippen LogP contribution in [0.2, 0.25) is 0 Å². The Balaban J connectivity index is 1.18. The molecule has 58 heavy (non-hydrogen) atoms. The van der Waals surface area contributed by atoms with E-state index in [0.29, 0.717) is 12.0 Å². The lowest BCUT2D eigenvalue weighted by Crippen LogP contribution is -2.78. The summed E-state index contributed by atoms with van der Waals surface area (Å²) in [6, 6.07) is 30.7. The van der Waals surface area contributed by atoms with Crippen molar-refractivity contribution >= 4 is 60.7 Å². The number of benzene rings is 4. The number of piperidine rings is 1. The number of nitrogens with zero attached hydrogens (tertiary/aromatic N) is 4. The molecule has 2 saturated carbocycles. The highest BCUT2D eigenvalue weighted by molar-refractivity contribution is 9.10. The van der Waals surface area contributed by atoms with Crippen LogP contribution in [0, 0.1) is 17.3 Å². The Kier molecular flexibility index (Phi) is 9.10. The predicted molar refractivity (Wildman–Crippen MR) is 217 cm³/mol. The molecule has 2 aliphatic heterocycles. The van der Waals surface area contributed by atoms with Crippen LogP contribution in [-0.4, -0.2) is 76.4 Å². The van der Waals surface area contributed by atoms with Gasteiger partial charge in [-0.3, -0.25) is 34.0 Å². The van der Waals surface area contributed by atoms with Gasteiger partial charge in [-0.1, -0.05) is 103 Å². The fraction of sp³-hybridized carbons (Fsp3) is 0.295. The van der Waals surface area contributed by atoms with Gasteiger partial charge in [0.2, 0.25) is 12.3 Å². The van der Waals surface area contributed by atoms with Crippen molar-refractivity contribution in [3.63, 3.8) is 0 Å². The highest BCUT2D eigenvalue weighted by Gasteiger charge is 3.11. The monoisotopic (exact) mass is 861 g/mol. The van der Waals surface area contributed by atoms with E-state index < -0.39 is 51.2 Å². The fourth-order valence-corrected chi connectivity index (χ4v) is 10.6. The lowest BCUT2D eigenvalue weighted by atomic mass is 9.79. The zero-order valence-electron chi connectivity index (χ0n) is 31.9. The summed E-state index contributed by atoms with van der Waals surface area (Å²) in [6.45, 7) is 3.85. The molecule has 5 aromatic rings. The van der Waals surface area contributed by atoms with Crippen molar-refractivity contribution in [2.75, 3.05) is 6.26 Å². The molecule has 2 unspecified atom stereocenters. The van der Waals surface area contributed by atoms with Crippen LogP contribution in [0.3, 0.4) is 0 Å². The van der Waals surface area contributed by atoms with Gasteiger partial charge in [-0.15, -0.1) is 0 Å². The highest BCUT2D eigenvalue weighted by atomic mass is 79.9. The van der Waals surface area contributed by atoms with Crippen LogP contribution in [0.4, 0.5) is 0 Å². The van der Waals surface area contributed by atoms with Crippen molar-refractivity contribution in [2.45, 2.75) is 61.9 Å². The third-order valence-corrected chi connectivity index (χ3v) is 14.1. The second kappa shape index (κ2) is 13.8. The predicted octanol–water partition coefficient (Wildman–Crippen LogP) is 5.54. The Morgan fingerprint density at radius 1 is 0.966 bits per heavy atom. The van der Waals surface area contributed by atoms with Crippen LogP contribution < -0.4 is 5.32 Å². The number of fused-ring (bicyclic) bond motifs is 2. The number of carbonyl (C=O) groups is 4. The number of hydrogen-bond acceptors (Lipinski definition) is 8. The van der Waals surface area contributed by atoms with Gasteiger partial charge in [-0.25, -0.2) is 8.42 Å². The van der Waals surface area contributed by atoms with Gasteiger partial charge in [0.25, 0.3) is 11.8 Å². The number of β-lactam (4-membered cyclic amide) rings is 1. The maximum absolute atomic E-state index is 15.2. The quantitative estimate of drug-likeness (QED) is 0.120. The Hall–Kier alpha value is -5.44. The molecule has 14 heteroatoms. The summed E-state index contributed by atoms with van der Waals surface area (Å²) in [5.41, 5.74) is 0.495. The minimum Gasteiger partial charge on any atom is -0.349 e. The number of hydrogen-bond donors (Lipinski definition) is 1. The molecular weight excluding hydrogens is 822 g/mol. The number of amides is 4. The lowest BCUT2D eigenvalue weighted by molar-refractivity contribution is -0.207. The van der Waals surface area contributed by atoms with Crippen molar-refractivity contribution in [3.8, 4) is 0 Å². The number of likely N-dealkylation sites (tertiary alicyclic amines) is 1. The Bertz CT molecular complexity index is 2610. The van der Waals surface area contributed by atoms with Crippen LogP contribution >= 0.6 is 15.9 Å². The molecule has 2 aliphatic carbocycles. The van der Waals surface area contributed by atoms with E-state index in [1.165, 1.54) is 21.9 Å². The van der Waals surface area contributed by atoms with E-state index in [-0.39, 0.29) is 41.6 Å². The minimum absolute atomic E-state index is 0.00549. The standard InChI is InChI=1S/C44H40BrN5O7S/c1-26(2)36-40(53)50(41(57-36)29-15-17-33(18-16-29)58(3,55)56)44-37-35(30-14-13-28-19-20-46-22-32(28)21-30)43(37,44)42(54)49(44)39(48(25-51)24-27-9-5-4-6-10-27)38(52)47-23-31-11-7-8-12-34(31)45/h4-22,25-26,35-37,39,41H,23-24H2,1-3H3,(H,47,52)/t35?,36-,37+,39?,41+,43+,44+/m0/s1. The van der Waals surface area contributed by atoms with Gasteiger partial charge >= 0.3 is 0 Å². The van der Waals surface area contributed by atoms with Gasteiger partial charge in [-0.2, -0.15) is 0 Å². The molecule has 4 fully saturated rings. The van der Waals surface area contributed by atoms with Crippen LogP contribution in [0.25, 0.3) is 10.8 Å². The maximum Gasteiger partial charge on any atom is 0.264 e. The lowest BCUT2D eigenvalue weighted by Gasteiger charge is -2.58. The number of pyridine rings is 1. The summed E-state index contributed by atoms with van der Waals surface area (Å²) < 4.78 is 32.2. The number of nitrogens with one attached hydrogen (secondary N) is 1. The minimum atomic E-state index is -3.53. The van der Waals surface area contributed by atoms with Crippen molar-refractivity contribution in [3.05, 3.63) is 142 Å². The van der Waals surface area contributed by atoms with E-state index in [1.54, 1.807) is 29.4 Å². The number of carbonyl (C=O) groups excluding carboxylic acids is 4. The molecule has 12 nitrogen and oxygen atoms in total. The van der Waals surface area contributed by atoms with Gasteiger partial charge in [0.05, 0.1) is 4.90 Å². The topological polar surface area (TPSA) is 146 Å². The molecule has 4 aromatic carbocycles. The van der Waals surface area contributed by atoms with Gasteiger partial charge in [-0.05, 0) is 58.3 Å². The molecule has 1 spiro atoms. The first-order valence-electron chi connectivity index (χ1n) is 19.1. The van der Waals surface area contributed by atoms with E-state index in [9.17, 15) is 22.8 Å². The summed E-state index contributed by atoms with van der Waals surface area (Å²) >= 11 is 3.55. The smallest absolute Gasteiger partial charge is 0.264 e. The normalized spacial score (nSPS) is 26.2. The summed E-state index contributed by atoms with van der Waals surface area (Å²) in [4.78, 5) is 66.8. The number of halogens is 1. The fourth-order valence-electron chi connectivity index (χ4n) is 9.55. The summed E-state index contributed by atoms with van der Waals surface area (Å²) in [6.07, 6.45) is 1.80. The summed E-state index contributed by atoms with van der Waals surface area (Å²) in [5.74, 6) is -2.29. The Labute approximate surface area is 344 Å². The highest BCUT2D eigenvalue weighted by Crippen LogP contribution is 2.98. The largest absolute Gasteiger partial charge is 0.349 e. The molecule has 0 bridgehead atoms. The van der Waals surface area contributed by atoms with E-state index in [1.807, 2.05) is 92.7 Å². The molecule has 1 aromatic heterocycles. The van der Waals surface area contributed by atoms with Crippen LogP contribution in [0.1, 0.15) is 48.2 Å². The summed E-state index contributed by atoms with van der Waals surface area (Å²) in [7, 11) is -3.53. The van der Waals surface area contributed by atoms with Crippen molar-refractivity contribution < 1.29 is 32.3 Å². The molecule has 1 N–H and O–H groups in total. The molecule has 4 amide bonds. The van der Waals surface area contributed by atoms with Crippen molar-refractivity contribution in [1.29, 1.82) is 0 Å². The van der Waals surface area contributed by atoms with Gasteiger partial charge in [0, 0.05) is 59.0 Å². The molecule has 2 saturated heterocycles. The average molecular weight is 863 g/mol. The van der Waals surface area contributed by atoms with E-state index >= 15 is 4.79 Å². The van der Waals surface area contributed by atoms with E-state index in [0.717, 1.165) is 38.2 Å². The summed E-state index contributed by atoms with van der Waals surface area (Å²) in [5, 5.41) is 4.88. The maximum atomic E-state index is 15.2. The number of rotatable bonds is 13. The number of ether oxygens (including phenoxy) is 1. The van der Waals surface area contributed by atoms with Gasteiger partial charge in [0.1, 0.15) is 17.2 Å². The van der Waals surface area contributed by atoms with E-state index in [2.05, 4.69) is 26.2 Å². The second-order valence-corrected chi connectivity index (χ2v) is 18.7. The first kappa shape index (κ1) is 38.1. The van der Waals surface area contributed by atoms with Crippen LogP contribution in [0.5, 0.6) is 0 Å². The van der Waals surface area contributed by atoms with Gasteiger partial charge in [0.15, 0.2) is 22.2 Å². The molecular formula is C44H40BrN5O7S. The first-order valence-corrected chi connectivity index (χ1v) is 21.8. The SMILES string of the molecule is CC(C)[C@@H]1O[C@H](c2ccc(S(C)(=O)=O)cc2)N([C@]23[C@@H]4C(c5ccc6ccncc6c5)[C@]42C(=O)N3C(C(=O)NCc2ccccc2Br)N(C=O)Cc2ccccc2)C1=O. The zero-order valence-corrected chi connectivity index (χ0v) is 34.3. The van der Waals surface area contributed by atoms with Crippen LogP contribution in [-0.2, 0) is 46.8 Å². The average Bonchev–Trinajstić information content (AvgIpc) is 4.03. The van der Waals surface area contributed by atoms with Crippen LogP contribution in [0.15, 0.2) is 125 Å². The van der Waals surface area contributed by atoms with E-state index in [4.69, 9.17) is 4.74 Å². The first-order chi connectivity index (χ1) is 27.8. The molecule has 3 heterocycles. The Morgan fingerprint density at radius 3 is 2.34 bits per heavy atom. The second-order valence-electron chi connectivity index (χ2n) is 15.9. The molecule has 9 rings (SSSR count). The Morgan fingerprint density at radius 2 is 1.67 bits per heavy atom. The third kappa shape index (κ3) is 5.55. The molecule has 7 atom stereocenters. The zero-order chi connectivity index (χ0) is 40.7. The number of aromatic nitrogens is 1. The number of sulfone groups is 1. The van der Waals surface area contributed by atoms with Gasteiger partial charge < -0.3 is 15.0 Å².